The van der Waals surface area contributed by atoms with Crippen molar-refractivity contribution in [2.45, 2.75) is 0 Å². The summed E-state index contributed by atoms with van der Waals surface area (Å²) in [4.78, 5) is 20.3. The lowest BCUT2D eigenvalue weighted by Crippen LogP contribution is -2.29. The first kappa shape index (κ1) is 29.9. The molecule has 0 fully saturated rings. The molecule has 6 rings (SSSR count). The molecular weight excluding hydrogens is 621 g/mol. The maximum atomic E-state index is 12.9. The van der Waals surface area contributed by atoms with Gasteiger partial charge < -0.3 is 10.0 Å². The van der Waals surface area contributed by atoms with Gasteiger partial charge in [-0.1, -0.05) is 12.1 Å². The number of nitrogens with zero attached hydrogens (tertiary/aromatic N) is 4. The van der Waals surface area contributed by atoms with Crippen molar-refractivity contribution < 1.29 is 28.7 Å². The molecule has 6 aromatic rings. The van der Waals surface area contributed by atoms with Crippen LogP contribution in [0.25, 0.3) is 33.1 Å². The van der Waals surface area contributed by atoms with Gasteiger partial charge in [0, 0.05) is 40.6 Å². The molecule has 16 heteroatoms. The summed E-state index contributed by atoms with van der Waals surface area (Å²) in [6.07, 6.45) is 0. The van der Waals surface area contributed by atoms with Crippen LogP contribution in [0.15, 0.2) is 89.5 Å². The van der Waals surface area contributed by atoms with Gasteiger partial charge in [0.25, 0.3) is 11.4 Å². The smallest absolute Gasteiger partial charge is 0.423 e. The molecule has 4 aromatic carbocycles. The topological polar surface area (TPSA) is 184 Å². The highest BCUT2D eigenvalue weighted by Crippen LogP contribution is 2.29. The Kier molecular flexibility index (Phi) is 9.31. The van der Waals surface area contributed by atoms with Gasteiger partial charge in [-0.3, -0.25) is 30.4 Å². The third-order valence-electron chi connectivity index (χ3n) is 5.74. The van der Waals surface area contributed by atoms with Crippen LogP contribution in [0.2, 0.25) is 0 Å². The van der Waals surface area contributed by atoms with Crippen LogP contribution in [0.4, 0.5) is 20.2 Å². The number of hydrogen-bond acceptors (Lipinski definition) is 8. The number of rotatable bonds is 4. The zero-order chi connectivity index (χ0) is 30.4. The fourth-order valence-electron chi connectivity index (χ4n) is 3.66. The molecule has 0 atom stereocenters. The number of benzene rings is 4. The minimum absolute atomic E-state index is 0.00254. The zero-order valence-electron chi connectivity index (χ0n) is 21.1. The molecule has 42 heavy (non-hydrogen) atoms. The van der Waals surface area contributed by atoms with Crippen molar-refractivity contribution in [1.29, 1.82) is 0 Å². The molecule has 0 saturated heterocycles. The summed E-state index contributed by atoms with van der Waals surface area (Å²) in [6, 6.07) is 19.8. The SMILES string of the molecule is O=[N+]([O-])c1ccc2[nH]nc(-c3ccc(F)cc3)c2c1.O=[N+]([O-])c1ccc2n[nH]c(Br)c2c1.OB(O)c1ccc(F)cc1. The van der Waals surface area contributed by atoms with Crippen molar-refractivity contribution in [2.75, 3.05) is 0 Å². The van der Waals surface area contributed by atoms with Crippen molar-refractivity contribution in [1.82, 2.24) is 20.4 Å². The van der Waals surface area contributed by atoms with Crippen molar-refractivity contribution in [2.24, 2.45) is 0 Å². The van der Waals surface area contributed by atoms with Crippen LogP contribution in [0.5, 0.6) is 0 Å². The molecule has 12 nitrogen and oxygen atoms in total. The Morgan fingerprint density at radius 2 is 1.29 bits per heavy atom. The summed E-state index contributed by atoms with van der Waals surface area (Å²) < 4.78 is 25.7. The van der Waals surface area contributed by atoms with E-state index in [2.05, 4.69) is 36.3 Å². The Hall–Kier alpha value is -5.06. The van der Waals surface area contributed by atoms with E-state index in [4.69, 9.17) is 10.0 Å². The molecule has 0 saturated carbocycles. The molecule has 2 aromatic heterocycles. The van der Waals surface area contributed by atoms with Crippen LogP contribution in [-0.2, 0) is 0 Å². The van der Waals surface area contributed by atoms with Crippen LogP contribution >= 0.6 is 15.9 Å². The van der Waals surface area contributed by atoms with Crippen LogP contribution in [0.3, 0.4) is 0 Å². The quantitative estimate of drug-likeness (QED) is 0.118. The van der Waals surface area contributed by atoms with Gasteiger partial charge in [-0.05, 0) is 69.9 Å². The van der Waals surface area contributed by atoms with Crippen molar-refractivity contribution in [3.05, 3.63) is 121 Å². The number of H-pyrrole nitrogens is 2. The fourth-order valence-corrected chi connectivity index (χ4v) is 4.06. The standard InChI is InChI=1S/C13H8FN3O2.C7H4BrN3O2.C6H6BFO2/c14-9-3-1-8(2-4-9)13-11-7-10(17(18)19)5-6-12(11)15-16-13;8-7-5-3-4(11(12)13)1-2-6(5)9-10-7;8-6-3-1-5(2-4-6)7(9)10/h1-7H,(H,15,16);1-3H,(H,9,10);1-4,9-10H. The maximum absolute atomic E-state index is 12.9. The predicted molar refractivity (Wildman–Crippen MR) is 155 cm³/mol. The molecule has 0 aliphatic carbocycles. The number of fused-ring (bicyclic) bond motifs is 2. The van der Waals surface area contributed by atoms with Crippen molar-refractivity contribution in [3.63, 3.8) is 0 Å². The summed E-state index contributed by atoms with van der Waals surface area (Å²) in [5.41, 5.74) is 3.03. The van der Waals surface area contributed by atoms with E-state index in [1.807, 2.05) is 0 Å². The first-order valence-electron chi connectivity index (χ1n) is 11.8. The summed E-state index contributed by atoms with van der Waals surface area (Å²) >= 11 is 3.21. The Bertz CT molecular complexity index is 1870. The summed E-state index contributed by atoms with van der Waals surface area (Å²) in [6.45, 7) is 0. The lowest BCUT2D eigenvalue weighted by atomic mass is 9.80. The molecule has 0 aliphatic heterocycles. The zero-order valence-corrected chi connectivity index (χ0v) is 22.7. The number of non-ortho nitro benzene ring substituents is 2. The van der Waals surface area contributed by atoms with E-state index in [1.165, 1.54) is 60.7 Å². The van der Waals surface area contributed by atoms with Gasteiger partial charge >= 0.3 is 7.12 Å². The molecule has 4 N–H and O–H groups in total. The molecule has 0 radical (unpaired) electrons. The van der Waals surface area contributed by atoms with Crippen LogP contribution in [0.1, 0.15) is 0 Å². The molecule has 2 heterocycles. The first-order chi connectivity index (χ1) is 20.0. The highest BCUT2D eigenvalue weighted by Gasteiger charge is 2.13. The normalized spacial score (nSPS) is 10.4. The van der Waals surface area contributed by atoms with Gasteiger partial charge in [-0.25, -0.2) is 8.78 Å². The largest absolute Gasteiger partial charge is 0.488 e. The van der Waals surface area contributed by atoms with Crippen LogP contribution < -0.4 is 5.46 Å². The van der Waals surface area contributed by atoms with Crippen LogP contribution in [-0.4, -0.2) is 47.4 Å². The molecule has 0 aliphatic rings. The number of nitro groups is 2. The van der Waals surface area contributed by atoms with Gasteiger partial charge in [0.1, 0.15) is 21.9 Å². The van der Waals surface area contributed by atoms with Gasteiger partial charge in [0.05, 0.1) is 20.9 Å². The van der Waals surface area contributed by atoms with Gasteiger partial charge in [-0.15, -0.1) is 0 Å². The minimum Gasteiger partial charge on any atom is -0.423 e. The number of halogens is 3. The van der Waals surface area contributed by atoms with Crippen molar-refractivity contribution in [3.8, 4) is 11.3 Å². The maximum Gasteiger partial charge on any atom is 0.488 e. The first-order valence-corrected chi connectivity index (χ1v) is 12.6. The van der Waals surface area contributed by atoms with E-state index in [0.29, 0.717) is 43.1 Å². The highest BCUT2D eigenvalue weighted by atomic mass is 79.9. The highest BCUT2D eigenvalue weighted by molar-refractivity contribution is 9.10. The molecule has 0 unspecified atom stereocenters. The lowest BCUT2D eigenvalue weighted by molar-refractivity contribution is -0.384. The van der Waals surface area contributed by atoms with E-state index in [9.17, 15) is 29.0 Å². The second-order valence-electron chi connectivity index (χ2n) is 8.49. The second kappa shape index (κ2) is 13.1. The molecule has 0 spiro atoms. The van der Waals surface area contributed by atoms with E-state index in [0.717, 1.165) is 0 Å². The van der Waals surface area contributed by atoms with Crippen molar-refractivity contribution >= 4 is 61.7 Å². The molecule has 212 valence electrons. The minimum atomic E-state index is -1.51. The lowest BCUT2D eigenvalue weighted by Gasteiger charge is -1.98. The fraction of sp³-hybridized carbons (Fsp3) is 0. The number of aromatic nitrogens is 4. The molecular formula is C26H18BBrF2N6O6. The van der Waals surface area contributed by atoms with E-state index >= 15 is 0 Å². The van der Waals surface area contributed by atoms with Gasteiger partial charge in [0.15, 0.2) is 0 Å². The monoisotopic (exact) mass is 638 g/mol. The molecule has 0 bridgehead atoms. The Morgan fingerprint density at radius 3 is 1.86 bits per heavy atom. The number of hydrogen-bond donors (Lipinski definition) is 4. The summed E-state index contributed by atoms with van der Waals surface area (Å²) in [5.74, 6) is -0.723. The van der Waals surface area contributed by atoms with Gasteiger partial charge in [0.2, 0.25) is 0 Å². The average molecular weight is 639 g/mol. The van der Waals surface area contributed by atoms with E-state index in [-0.39, 0.29) is 23.0 Å². The molecule has 0 amide bonds. The van der Waals surface area contributed by atoms with E-state index < -0.39 is 17.0 Å². The number of aromatic amines is 2. The third-order valence-corrected chi connectivity index (χ3v) is 6.35. The summed E-state index contributed by atoms with van der Waals surface area (Å²) in [5, 5.41) is 53.2. The Labute approximate surface area is 243 Å². The Morgan fingerprint density at radius 1 is 0.738 bits per heavy atom. The second-order valence-corrected chi connectivity index (χ2v) is 9.28. The third kappa shape index (κ3) is 7.17. The number of nitro benzene ring substituents is 2. The summed E-state index contributed by atoms with van der Waals surface area (Å²) in [7, 11) is -1.51. The predicted octanol–water partition coefficient (Wildman–Crippen LogP) is 5.02. The Balaban J connectivity index is 0.000000154. The average Bonchev–Trinajstić information content (AvgIpc) is 3.57. The van der Waals surface area contributed by atoms with Gasteiger partial charge in [-0.2, -0.15) is 10.2 Å². The van der Waals surface area contributed by atoms with E-state index in [1.54, 1.807) is 24.3 Å². The van der Waals surface area contributed by atoms with Crippen LogP contribution in [0, 0.1) is 31.9 Å². The number of nitrogens with one attached hydrogen (secondary N) is 2.